The second-order valence-corrected chi connectivity index (χ2v) is 4.56. The van der Waals surface area contributed by atoms with Crippen LogP contribution in [0.3, 0.4) is 0 Å². The van der Waals surface area contributed by atoms with Crippen LogP contribution in [-0.4, -0.2) is 36.2 Å². The molecule has 114 valence electrons. The maximum atomic E-state index is 10.8. The number of benzene rings is 2. The van der Waals surface area contributed by atoms with Gasteiger partial charge in [0.25, 0.3) is 5.69 Å². The van der Waals surface area contributed by atoms with E-state index in [-0.39, 0.29) is 11.3 Å². The van der Waals surface area contributed by atoms with Gasteiger partial charge in [0.1, 0.15) is 0 Å². The number of rotatable bonds is 4. The Hall–Kier alpha value is -3.62. The Morgan fingerprint density at radius 1 is 1.09 bits per heavy atom. The molecule has 3 rings (SSSR count). The number of hydrogen-bond donors (Lipinski definition) is 1. The molecule has 1 aromatic heterocycles. The lowest BCUT2D eigenvalue weighted by molar-refractivity contribution is -0.384. The highest BCUT2D eigenvalue weighted by Crippen LogP contribution is 2.19. The average molecular weight is 311 g/mol. The molecule has 2 aromatic carbocycles. The topological polar surface area (TPSA) is 124 Å². The summed E-state index contributed by atoms with van der Waals surface area (Å²) in [5.41, 5.74) is 1.27. The first kappa shape index (κ1) is 14.3. The van der Waals surface area contributed by atoms with Gasteiger partial charge in [0.05, 0.1) is 16.2 Å². The lowest BCUT2D eigenvalue weighted by Crippen LogP contribution is -2.01. The van der Waals surface area contributed by atoms with Crippen molar-refractivity contribution in [1.82, 2.24) is 20.2 Å². The van der Waals surface area contributed by atoms with Gasteiger partial charge in [-0.15, -0.1) is 15.0 Å². The molecule has 0 unspecified atom stereocenters. The minimum absolute atomic E-state index is 0.0228. The van der Waals surface area contributed by atoms with Crippen molar-refractivity contribution in [3.8, 4) is 17.1 Å². The molecule has 0 aliphatic rings. The molecule has 0 bridgehead atoms. The number of hydrogen-bond acceptors (Lipinski definition) is 6. The van der Waals surface area contributed by atoms with E-state index in [1.807, 2.05) is 0 Å². The smallest absolute Gasteiger partial charge is 0.335 e. The third kappa shape index (κ3) is 2.88. The average Bonchev–Trinajstić information content (AvgIpc) is 3.05. The van der Waals surface area contributed by atoms with Gasteiger partial charge in [0.15, 0.2) is 0 Å². The van der Waals surface area contributed by atoms with Gasteiger partial charge in [-0.25, -0.2) is 4.79 Å². The van der Waals surface area contributed by atoms with E-state index in [0.29, 0.717) is 17.1 Å². The van der Waals surface area contributed by atoms with Crippen LogP contribution in [0.1, 0.15) is 10.4 Å². The molecule has 1 heterocycles. The molecule has 9 nitrogen and oxygen atoms in total. The Labute approximate surface area is 129 Å². The van der Waals surface area contributed by atoms with Gasteiger partial charge in [0, 0.05) is 17.7 Å². The van der Waals surface area contributed by atoms with Crippen LogP contribution in [-0.2, 0) is 0 Å². The number of carboxylic acid groups (broad SMARTS) is 1. The van der Waals surface area contributed by atoms with Gasteiger partial charge in [0.2, 0.25) is 5.82 Å². The van der Waals surface area contributed by atoms with Gasteiger partial charge in [-0.2, -0.15) is 0 Å². The van der Waals surface area contributed by atoms with Crippen molar-refractivity contribution in [1.29, 1.82) is 0 Å². The third-order valence-corrected chi connectivity index (χ3v) is 3.10. The molecule has 3 aromatic rings. The predicted octanol–water partition coefficient (Wildman–Crippen LogP) is 1.94. The van der Waals surface area contributed by atoms with E-state index in [1.165, 1.54) is 41.2 Å². The minimum atomic E-state index is -1.02. The van der Waals surface area contributed by atoms with Crippen molar-refractivity contribution in [3.05, 3.63) is 64.2 Å². The second kappa shape index (κ2) is 5.64. The molecule has 0 saturated heterocycles. The fourth-order valence-corrected chi connectivity index (χ4v) is 1.91. The Bertz CT molecular complexity index is 799. The van der Waals surface area contributed by atoms with Crippen molar-refractivity contribution in [2.45, 2.75) is 0 Å². The lowest BCUT2D eigenvalue weighted by Gasteiger charge is -1.99. The van der Waals surface area contributed by atoms with E-state index in [9.17, 15) is 14.9 Å². The molecule has 0 aliphatic carbocycles. The Morgan fingerprint density at radius 3 is 2.30 bits per heavy atom. The van der Waals surface area contributed by atoms with E-state index in [1.54, 1.807) is 12.1 Å². The van der Waals surface area contributed by atoms with Crippen LogP contribution in [0.2, 0.25) is 0 Å². The quantitative estimate of drug-likeness (QED) is 0.576. The highest BCUT2D eigenvalue weighted by Gasteiger charge is 2.10. The molecular weight excluding hydrogens is 302 g/mol. The number of nitrogens with zero attached hydrogens (tertiary/aromatic N) is 5. The second-order valence-electron chi connectivity index (χ2n) is 4.56. The van der Waals surface area contributed by atoms with Gasteiger partial charge in [-0.1, -0.05) is 0 Å². The van der Waals surface area contributed by atoms with E-state index >= 15 is 0 Å². The standard InChI is InChI=1S/C14H9N5O4/c20-14(21)10-3-5-11(6-4-10)18-16-13(15-17-18)9-1-7-12(8-2-9)19(22)23/h1-8H,(H,20,21). The van der Waals surface area contributed by atoms with Crippen LogP contribution in [0, 0.1) is 10.1 Å². The van der Waals surface area contributed by atoms with Crippen molar-refractivity contribution in [2.24, 2.45) is 0 Å². The Morgan fingerprint density at radius 2 is 1.74 bits per heavy atom. The summed E-state index contributed by atoms with van der Waals surface area (Å²) in [5, 5.41) is 31.4. The van der Waals surface area contributed by atoms with Crippen LogP contribution in [0.4, 0.5) is 5.69 Å². The molecule has 0 radical (unpaired) electrons. The Kier molecular flexibility index (Phi) is 3.51. The van der Waals surface area contributed by atoms with Crippen molar-refractivity contribution in [3.63, 3.8) is 0 Å². The van der Waals surface area contributed by atoms with E-state index in [2.05, 4.69) is 15.4 Å². The molecule has 0 amide bonds. The first-order chi connectivity index (χ1) is 11.0. The van der Waals surface area contributed by atoms with Gasteiger partial charge in [-0.3, -0.25) is 10.1 Å². The number of non-ortho nitro benzene ring substituents is 1. The molecule has 9 heteroatoms. The number of carboxylic acids is 1. The summed E-state index contributed by atoms with van der Waals surface area (Å²) in [6.45, 7) is 0. The third-order valence-electron chi connectivity index (χ3n) is 3.10. The van der Waals surface area contributed by atoms with Crippen LogP contribution < -0.4 is 0 Å². The van der Waals surface area contributed by atoms with Crippen LogP contribution in [0.15, 0.2) is 48.5 Å². The molecule has 0 aliphatic heterocycles. The van der Waals surface area contributed by atoms with Crippen LogP contribution in [0.5, 0.6) is 0 Å². The molecule has 0 atom stereocenters. The highest BCUT2D eigenvalue weighted by atomic mass is 16.6. The highest BCUT2D eigenvalue weighted by molar-refractivity contribution is 5.87. The summed E-state index contributed by atoms with van der Waals surface area (Å²) in [4.78, 5) is 22.2. The normalized spacial score (nSPS) is 10.4. The number of nitro groups is 1. The number of aromatic carboxylic acids is 1. The van der Waals surface area contributed by atoms with Gasteiger partial charge < -0.3 is 5.11 Å². The van der Waals surface area contributed by atoms with Crippen molar-refractivity contribution in [2.75, 3.05) is 0 Å². The number of tetrazole rings is 1. The summed E-state index contributed by atoms with van der Waals surface area (Å²) >= 11 is 0. The number of nitro benzene ring substituents is 1. The Balaban J connectivity index is 1.87. The van der Waals surface area contributed by atoms with E-state index < -0.39 is 10.9 Å². The molecule has 0 fully saturated rings. The molecule has 0 spiro atoms. The zero-order valence-corrected chi connectivity index (χ0v) is 11.5. The van der Waals surface area contributed by atoms with Crippen molar-refractivity contribution >= 4 is 11.7 Å². The fraction of sp³-hybridized carbons (Fsp3) is 0. The number of carbonyl (C=O) groups is 1. The summed E-state index contributed by atoms with van der Waals surface area (Å²) in [6, 6.07) is 11.8. The molecule has 0 saturated carbocycles. The summed E-state index contributed by atoms with van der Waals surface area (Å²) < 4.78 is 0. The number of aromatic nitrogens is 4. The zero-order valence-electron chi connectivity index (χ0n) is 11.5. The SMILES string of the molecule is O=C(O)c1ccc(-n2nnc(-c3ccc([N+](=O)[O-])cc3)n2)cc1. The largest absolute Gasteiger partial charge is 0.478 e. The summed E-state index contributed by atoms with van der Waals surface area (Å²) in [5.74, 6) is -0.711. The molecule has 23 heavy (non-hydrogen) atoms. The molecular formula is C14H9N5O4. The minimum Gasteiger partial charge on any atom is -0.478 e. The zero-order chi connectivity index (χ0) is 16.4. The monoisotopic (exact) mass is 311 g/mol. The summed E-state index contributed by atoms with van der Waals surface area (Å²) in [6.07, 6.45) is 0. The van der Waals surface area contributed by atoms with Crippen molar-refractivity contribution < 1.29 is 14.8 Å². The fourth-order valence-electron chi connectivity index (χ4n) is 1.91. The molecule has 1 N–H and O–H groups in total. The van der Waals surface area contributed by atoms with E-state index in [0.717, 1.165) is 0 Å². The maximum Gasteiger partial charge on any atom is 0.335 e. The van der Waals surface area contributed by atoms with E-state index in [4.69, 9.17) is 5.11 Å². The van der Waals surface area contributed by atoms with Crippen LogP contribution in [0.25, 0.3) is 17.1 Å². The van der Waals surface area contributed by atoms with Gasteiger partial charge in [-0.05, 0) is 41.6 Å². The lowest BCUT2D eigenvalue weighted by atomic mass is 10.2. The maximum absolute atomic E-state index is 10.8. The van der Waals surface area contributed by atoms with Crippen LogP contribution >= 0.6 is 0 Å². The first-order valence-electron chi connectivity index (χ1n) is 6.43. The predicted molar refractivity (Wildman–Crippen MR) is 78.2 cm³/mol. The van der Waals surface area contributed by atoms with Gasteiger partial charge >= 0.3 is 5.97 Å². The first-order valence-corrected chi connectivity index (χ1v) is 6.43. The summed E-state index contributed by atoms with van der Waals surface area (Å²) in [7, 11) is 0.